The van der Waals surface area contributed by atoms with Crippen molar-refractivity contribution in [3.63, 3.8) is 0 Å². The standard InChI is InChI=1S/C14H22N2O5S/c1-9-5-4-6-12(7-9)20-8-13(17)16-22(18,19)14-10(2)15-21-11(14)3/h9,12H,4-8H2,1-3H3,(H,16,17)/t9-,12+/m0/s1. The lowest BCUT2D eigenvalue weighted by Gasteiger charge is -2.26. The largest absolute Gasteiger partial charge is 0.368 e. The highest BCUT2D eigenvalue weighted by Gasteiger charge is 2.27. The lowest BCUT2D eigenvalue weighted by Crippen LogP contribution is -2.35. The molecule has 1 aromatic heterocycles. The Bertz CT molecular complexity index is 618. The molecule has 1 heterocycles. The minimum absolute atomic E-state index is 0.0243. The van der Waals surface area contributed by atoms with E-state index in [0.29, 0.717) is 5.92 Å². The van der Waals surface area contributed by atoms with Crippen molar-refractivity contribution >= 4 is 15.9 Å². The quantitative estimate of drug-likeness (QED) is 0.882. The predicted octanol–water partition coefficient (Wildman–Crippen LogP) is 1.69. The highest BCUT2D eigenvalue weighted by atomic mass is 32.2. The van der Waals surface area contributed by atoms with E-state index in [1.54, 1.807) is 0 Å². The summed E-state index contributed by atoms with van der Waals surface area (Å²) in [6.07, 6.45) is 4.09. The Morgan fingerprint density at radius 2 is 2.14 bits per heavy atom. The van der Waals surface area contributed by atoms with Gasteiger partial charge in [-0.2, -0.15) is 0 Å². The second kappa shape index (κ2) is 6.78. The van der Waals surface area contributed by atoms with Crippen LogP contribution in [0.5, 0.6) is 0 Å². The van der Waals surface area contributed by atoms with Gasteiger partial charge >= 0.3 is 0 Å². The zero-order valence-electron chi connectivity index (χ0n) is 13.1. The van der Waals surface area contributed by atoms with Gasteiger partial charge in [0.1, 0.15) is 12.3 Å². The third kappa shape index (κ3) is 4.07. The van der Waals surface area contributed by atoms with Crippen LogP contribution in [0.25, 0.3) is 0 Å². The minimum Gasteiger partial charge on any atom is -0.368 e. The molecule has 0 unspecified atom stereocenters. The molecule has 124 valence electrons. The number of hydrogen-bond acceptors (Lipinski definition) is 6. The number of carbonyl (C=O) groups excluding carboxylic acids is 1. The molecule has 0 saturated heterocycles. The van der Waals surface area contributed by atoms with Gasteiger partial charge < -0.3 is 9.26 Å². The highest BCUT2D eigenvalue weighted by molar-refractivity contribution is 7.90. The van der Waals surface area contributed by atoms with Crippen LogP contribution in [0, 0.1) is 19.8 Å². The van der Waals surface area contributed by atoms with E-state index in [4.69, 9.17) is 9.26 Å². The third-order valence-electron chi connectivity index (χ3n) is 3.82. The Labute approximate surface area is 130 Å². The third-order valence-corrected chi connectivity index (χ3v) is 5.44. The normalized spacial score (nSPS) is 22.5. The molecule has 0 radical (unpaired) electrons. The summed E-state index contributed by atoms with van der Waals surface area (Å²) in [5.74, 6) is 0.0471. The molecule has 0 spiro atoms. The number of nitrogens with zero attached hydrogens (tertiary/aromatic N) is 1. The number of aryl methyl sites for hydroxylation is 2. The monoisotopic (exact) mass is 330 g/mol. The van der Waals surface area contributed by atoms with Crippen LogP contribution in [0.4, 0.5) is 0 Å². The van der Waals surface area contributed by atoms with Crippen LogP contribution >= 0.6 is 0 Å². The number of sulfonamides is 1. The molecule has 1 amide bonds. The number of hydrogen-bond donors (Lipinski definition) is 1. The second-order valence-corrected chi connectivity index (χ2v) is 7.51. The van der Waals surface area contributed by atoms with Crippen LogP contribution in [0.15, 0.2) is 9.42 Å². The van der Waals surface area contributed by atoms with Crippen LogP contribution in [0.1, 0.15) is 44.1 Å². The smallest absolute Gasteiger partial charge is 0.269 e. The van der Waals surface area contributed by atoms with Gasteiger partial charge in [-0.3, -0.25) is 4.79 Å². The van der Waals surface area contributed by atoms with Gasteiger partial charge in [-0.25, -0.2) is 13.1 Å². The summed E-state index contributed by atoms with van der Waals surface area (Å²) in [5, 5.41) is 3.58. The zero-order chi connectivity index (χ0) is 16.3. The van der Waals surface area contributed by atoms with E-state index >= 15 is 0 Å². The van der Waals surface area contributed by atoms with Crippen molar-refractivity contribution in [3.05, 3.63) is 11.5 Å². The van der Waals surface area contributed by atoms with Crippen LogP contribution in [0.3, 0.4) is 0 Å². The molecule has 22 heavy (non-hydrogen) atoms. The first kappa shape index (κ1) is 17.0. The van der Waals surface area contributed by atoms with Crippen molar-refractivity contribution in [2.75, 3.05) is 6.61 Å². The van der Waals surface area contributed by atoms with Crippen LogP contribution in [-0.2, 0) is 19.6 Å². The number of nitrogens with one attached hydrogen (secondary N) is 1. The molecule has 2 rings (SSSR count). The maximum absolute atomic E-state index is 12.2. The van der Waals surface area contributed by atoms with Crippen LogP contribution in [-0.4, -0.2) is 32.2 Å². The predicted molar refractivity (Wildman–Crippen MR) is 78.7 cm³/mol. The van der Waals surface area contributed by atoms with E-state index in [-0.39, 0.29) is 29.1 Å². The van der Waals surface area contributed by atoms with Gasteiger partial charge in [-0.05, 0) is 32.6 Å². The zero-order valence-corrected chi connectivity index (χ0v) is 13.9. The summed E-state index contributed by atoms with van der Waals surface area (Å²) >= 11 is 0. The summed E-state index contributed by atoms with van der Waals surface area (Å²) in [5.41, 5.74) is 0.222. The number of amides is 1. The van der Waals surface area contributed by atoms with Gasteiger partial charge in [0, 0.05) is 0 Å². The molecular formula is C14H22N2O5S. The van der Waals surface area contributed by atoms with Crippen LogP contribution in [0.2, 0.25) is 0 Å². The molecule has 1 aromatic rings. The second-order valence-electron chi connectivity index (χ2n) is 5.89. The van der Waals surface area contributed by atoms with E-state index in [2.05, 4.69) is 12.1 Å². The first-order valence-corrected chi connectivity index (χ1v) is 8.88. The molecule has 2 atom stereocenters. The molecule has 0 bridgehead atoms. The summed E-state index contributed by atoms with van der Waals surface area (Å²) in [6.45, 7) is 4.88. The summed E-state index contributed by atoms with van der Waals surface area (Å²) in [4.78, 5) is 11.7. The average molecular weight is 330 g/mol. The first-order valence-electron chi connectivity index (χ1n) is 7.39. The molecule has 0 aromatic carbocycles. The average Bonchev–Trinajstić information content (AvgIpc) is 2.76. The van der Waals surface area contributed by atoms with E-state index in [9.17, 15) is 13.2 Å². The summed E-state index contributed by atoms with van der Waals surface area (Å²) in [6, 6.07) is 0. The Hall–Kier alpha value is -1.41. The molecule has 8 heteroatoms. The maximum atomic E-state index is 12.2. The molecule has 1 N–H and O–H groups in total. The van der Waals surface area contributed by atoms with Crippen molar-refractivity contribution in [2.45, 2.75) is 57.5 Å². The number of carbonyl (C=O) groups is 1. The molecule has 7 nitrogen and oxygen atoms in total. The Kier molecular flexibility index (Phi) is 5.23. The van der Waals surface area contributed by atoms with Gasteiger partial charge in [-0.1, -0.05) is 24.9 Å². The van der Waals surface area contributed by atoms with Gasteiger partial charge in [-0.15, -0.1) is 0 Å². The number of rotatable bonds is 5. The minimum atomic E-state index is -3.98. The topological polar surface area (TPSA) is 98.5 Å². The van der Waals surface area contributed by atoms with Gasteiger partial charge in [0.25, 0.3) is 15.9 Å². The highest BCUT2D eigenvalue weighted by Crippen LogP contribution is 2.25. The number of ether oxygens (including phenoxy) is 1. The van der Waals surface area contributed by atoms with Crippen molar-refractivity contribution in [1.82, 2.24) is 9.88 Å². The van der Waals surface area contributed by atoms with Crippen LogP contribution < -0.4 is 4.72 Å². The fraction of sp³-hybridized carbons (Fsp3) is 0.714. The van der Waals surface area contributed by atoms with Crippen molar-refractivity contribution in [2.24, 2.45) is 5.92 Å². The van der Waals surface area contributed by atoms with E-state index in [1.807, 2.05) is 4.72 Å². The van der Waals surface area contributed by atoms with Crippen molar-refractivity contribution < 1.29 is 22.5 Å². The Morgan fingerprint density at radius 3 is 2.73 bits per heavy atom. The van der Waals surface area contributed by atoms with Gasteiger partial charge in [0.2, 0.25) is 0 Å². The van der Waals surface area contributed by atoms with Gasteiger partial charge in [0.15, 0.2) is 10.7 Å². The summed E-state index contributed by atoms with van der Waals surface area (Å²) in [7, 11) is -3.98. The lowest BCUT2D eigenvalue weighted by atomic mass is 9.89. The van der Waals surface area contributed by atoms with E-state index < -0.39 is 15.9 Å². The number of aromatic nitrogens is 1. The lowest BCUT2D eigenvalue weighted by molar-refractivity contribution is -0.126. The SMILES string of the molecule is Cc1noc(C)c1S(=O)(=O)NC(=O)CO[C@@H]1CCC[C@H](C)C1. The van der Waals surface area contributed by atoms with Crippen molar-refractivity contribution in [1.29, 1.82) is 0 Å². The molecule has 1 aliphatic rings. The Balaban J connectivity index is 1.91. The van der Waals surface area contributed by atoms with Gasteiger partial charge in [0.05, 0.1) is 6.10 Å². The molecular weight excluding hydrogens is 308 g/mol. The maximum Gasteiger partial charge on any atom is 0.269 e. The fourth-order valence-electron chi connectivity index (χ4n) is 2.81. The summed E-state index contributed by atoms with van der Waals surface area (Å²) < 4.78 is 36.7. The molecule has 1 fully saturated rings. The van der Waals surface area contributed by atoms with E-state index in [1.165, 1.54) is 20.3 Å². The van der Waals surface area contributed by atoms with Crippen molar-refractivity contribution in [3.8, 4) is 0 Å². The first-order chi connectivity index (χ1) is 10.3. The molecule has 1 aliphatic carbocycles. The fourth-order valence-corrected chi connectivity index (χ4v) is 4.11. The Morgan fingerprint density at radius 1 is 1.41 bits per heavy atom. The molecule has 1 saturated carbocycles. The molecule has 0 aliphatic heterocycles. The van der Waals surface area contributed by atoms with E-state index in [0.717, 1.165) is 19.3 Å².